The highest BCUT2D eigenvalue weighted by Gasteiger charge is 2.39. The smallest absolute Gasteiger partial charge is 0.260 e. The zero-order valence-corrected chi connectivity index (χ0v) is 13.4. The van der Waals surface area contributed by atoms with Gasteiger partial charge >= 0.3 is 0 Å². The summed E-state index contributed by atoms with van der Waals surface area (Å²) in [5, 5.41) is 6.76. The molecule has 1 aliphatic carbocycles. The van der Waals surface area contributed by atoms with Crippen molar-refractivity contribution in [3.63, 3.8) is 0 Å². The van der Waals surface area contributed by atoms with Gasteiger partial charge in [-0.2, -0.15) is 4.98 Å². The van der Waals surface area contributed by atoms with E-state index in [1.165, 1.54) is 18.2 Å². The van der Waals surface area contributed by atoms with Crippen LogP contribution in [-0.2, 0) is 4.79 Å². The van der Waals surface area contributed by atoms with Crippen LogP contribution >= 0.6 is 0 Å². The molecule has 4 rings (SSSR count). The Morgan fingerprint density at radius 2 is 2.04 bits per heavy atom. The first-order valence-corrected chi connectivity index (χ1v) is 7.96. The Labute approximate surface area is 143 Å². The summed E-state index contributed by atoms with van der Waals surface area (Å²) in [6.07, 6.45) is 4.11. The minimum absolute atomic E-state index is 0.00738. The number of hydrogen-bond acceptors (Lipinski definition) is 5. The molecule has 1 saturated carbocycles. The topological polar surface area (TPSA) is 80.9 Å². The number of rotatable bonds is 4. The van der Waals surface area contributed by atoms with E-state index in [1.54, 1.807) is 24.5 Å². The van der Waals surface area contributed by atoms with Gasteiger partial charge in [-0.1, -0.05) is 12.1 Å². The van der Waals surface area contributed by atoms with Gasteiger partial charge in [-0.3, -0.25) is 9.78 Å². The standard InChI is InChI=1S/C18H15FN4O2/c1-10-8-13(10)17(24)21-15-3-2-12(19)9-14(15)18-22-16(23-25-18)11-4-6-20-7-5-11/h2-7,9-10,13H,8H2,1H3,(H,21,24)/t10-,13-/m0/s1. The molecule has 1 amide bonds. The van der Waals surface area contributed by atoms with Crippen LogP contribution in [0, 0.1) is 17.7 Å². The fourth-order valence-corrected chi connectivity index (χ4v) is 2.67. The molecular weight excluding hydrogens is 323 g/mol. The van der Waals surface area contributed by atoms with E-state index >= 15 is 0 Å². The van der Waals surface area contributed by atoms with Crippen molar-refractivity contribution >= 4 is 11.6 Å². The summed E-state index contributed by atoms with van der Waals surface area (Å²) >= 11 is 0. The van der Waals surface area contributed by atoms with Crippen molar-refractivity contribution in [2.24, 2.45) is 11.8 Å². The van der Waals surface area contributed by atoms with Crippen molar-refractivity contribution in [2.75, 3.05) is 5.32 Å². The van der Waals surface area contributed by atoms with Crippen LogP contribution in [0.2, 0.25) is 0 Å². The second-order valence-electron chi connectivity index (χ2n) is 6.16. The molecule has 1 fully saturated rings. The number of carbonyl (C=O) groups excluding carboxylic acids is 1. The highest BCUT2D eigenvalue weighted by atomic mass is 19.1. The molecule has 1 N–H and O–H groups in total. The number of amides is 1. The summed E-state index contributed by atoms with van der Waals surface area (Å²) in [5.74, 6) is 0.379. The molecule has 7 heteroatoms. The molecule has 0 unspecified atom stereocenters. The van der Waals surface area contributed by atoms with E-state index in [1.807, 2.05) is 6.92 Å². The normalized spacial score (nSPS) is 18.8. The summed E-state index contributed by atoms with van der Waals surface area (Å²) in [4.78, 5) is 20.5. The number of halogens is 1. The molecule has 2 heterocycles. The van der Waals surface area contributed by atoms with Crippen LogP contribution in [0.1, 0.15) is 13.3 Å². The number of nitrogens with zero attached hydrogens (tertiary/aromatic N) is 3. The number of pyridine rings is 1. The lowest BCUT2D eigenvalue weighted by Crippen LogP contribution is -2.15. The molecule has 0 aliphatic heterocycles. The molecular formula is C18H15FN4O2. The maximum Gasteiger partial charge on any atom is 0.260 e. The quantitative estimate of drug-likeness (QED) is 0.787. The minimum Gasteiger partial charge on any atom is -0.334 e. The zero-order chi connectivity index (χ0) is 17.4. The Morgan fingerprint density at radius 1 is 1.28 bits per heavy atom. The van der Waals surface area contributed by atoms with Gasteiger partial charge in [-0.15, -0.1) is 0 Å². The molecule has 126 valence electrons. The van der Waals surface area contributed by atoms with Crippen LogP contribution in [0.15, 0.2) is 47.2 Å². The Morgan fingerprint density at radius 3 is 2.76 bits per heavy atom. The van der Waals surface area contributed by atoms with Crippen molar-refractivity contribution in [2.45, 2.75) is 13.3 Å². The molecule has 2 atom stereocenters. The summed E-state index contributed by atoms with van der Waals surface area (Å²) in [7, 11) is 0. The molecule has 0 radical (unpaired) electrons. The Hall–Kier alpha value is -3.09. The second kappa shape index (κ2) is 6.08. The lowest BCUT2D eigenvalue weighted by molar-refractivity contribution is -0.117. The molecule has 0 saturated heterocycles. The monoisotopic (exact) mass is 338 g/mol. The molecule has 2 aromatic heterocycles. The summed E-state index contributed by atoms with van der Waals surface area (Å²) in [6, 6.07) is 7.56. The van der Waals surface area contributed by atoms with Crippen LogP contribution in [0.25, 0.3) is 22.8 Å². The van der Waals surface area contributed by atoms with E-state index in [0.717, 1.165) is 12.0 Å². The van der Waals surface area contributed by atoms with Crippen LogP contribution in [0.5, 0.6) is 0 Å². The van der Waals surface area contributed by atoms with E-state index in [0.29, 0.717) is 23.0 Å². The van der Waals surface area contributed by atoms with Crippen LogP contribution in [0.3, 0.4) is 0 Å². The van der Waals surface area contributed by atoms with Gasteiger partial charge in [0.2, 0.25) is 11.7 Å². The molecule has 1 aromatic carbocycles. The second-order valence-corrected chi connectivity index (χ2v) is 6.16. The predicted octanol–water partition coefficient (Wildman–Crippen LogP) is 3.53. The van der Waals surface area contributed by atoms with Crippen molar-refractivity contribution in [3.8, 4) is 22.8 Å². The molecule has 25 heavy (non-hydrogen) atoms. The van der Waals surface area contributed by atoms with E-state index in [2.05, 4.69) is 20.4 Å². The predicted molar refractivity (Wildman–Crippen MR) is 88.8 cm³/mol. The van der Waals surface area contributed by atoms with Gasteiger partial charge in [0.05, 0.1) is 11.3 Å². The first kappa shape index (κ1) is 15.4. The van der Waals surface area contributed by atoms with Gasteiger partial charge in [0.25, 0.3) is 5.89 Å². The Kier molecular flexibility index (Phi) is 3.76. The van der Waals surface area contributed by atoms with Crippen LogP contribution in [0.4, 0.5) is 10.1 Å². The highest BCUT2D eigenvalue weighted by Crippen LogP contribution is 2.39. The van der Waals surface area contributed by atoms with Crippen molar-refractivity contribution < 1.29 is 13.7 Å². The minimum atomic E-state index is -0.448. The molecule has 1 aliphatic rings. The number of benzene rings is 1. The summed E-state index contributed by atoms with van der Waals surface area (Å²) < 4.78 is 19.0. The summed E-state index contributed by atoms with van der Waals surface area (Å²) in [5.41, 5.74) is 1.55. The van der Waals surface area contributed by atoms with Crippen molar-refractivity contribution in [1.29, 1.82) is 0 Å². The van der Waals surface area contributed by atoms with Gasteiger partial charge in [0.15, 0.2) is 0 Å². The zero-order valence-electron chi connectivity index (χ0n) is 13.4. The Bertz CT molecular complexity index is 926. The lowest BCUT2D eigenvalue weighted by Gasteiger charge is -2.08. The number of carbonyl (C=O) groups is 1. The fourth-order valence-electron chi connectivity index (χ4n) is 2.67. The van der Waals surface area contributed by atoms with Crippen molar-refractivity contribution in [3.05, 3.63) is 48.5 Å². The van der Waals surface area contributed by atoms with E-state index in [-0.39, 0.29) is 17.7 Å². The third kappa shape index (κ3) is 3.13. The SMILES string of the molecule is C[C@H]1C[C@@H]1C(=O)Nc1ccc(F)cc1-c1nc(-c2ccncc2)no1. The number of nitrogens with one attached hydrogen (secondary N) is 1. The van der Waals surface area contributed by atoms with Crippen LogP contribution in [-0.4, -0.2) is 21.0 Å². The lowest BCUT2D eigenvalue weighted by atomic mass is 10.1. The first-order chi connectivity index (χ1) is 12.1. The number of hydrogen-bond donors (Lipinski definition) is 1. The van der Waals surface area contributed by atoms with Gasteiger partial charge in [-0.25, -0.2) is 4.39 Å². The summed E-state index contributed by atoms with van der Waals surface area (Å²) in [6.45, 7) is 2.02. The van der Waals surface area contributed by atoms with Crippen molar-refractivity contribution in [1.82, 2.24) is 15.1 Å². The van der Waals surface area contributed by atoms with Gasteiger partial charge in [-0.05, 0) is 42.7 Å². The fraction of sp³-hybridized carbons (Fsp3) is 0.222. The van der Waals surface area contributed by atoms with Gasteiger partial charge in [0, 0.05) is 23.9 Å². The third-order valence-corrected chi connectivity index (χ3v) is 4.28. The molecule has 3 aromatic rings. The molecule has 0 spiro atoms. The number of aromatic nitrogens is 3. The van der Waals surface area contributed by atoms with Crippen LogP contribution < -0.4 is 5.32 Å². The largest absolute Gasteiger partial charge is 0.334 e. The highest BCUT2D eigenvalue weighted by molar-refractivity contribution is 5.97. The maximum absolute atomic E-state index is 13.7. The first-order valence-electron chi connectivity index (χ1n) is 7.96. The number of anilines is 1. The average Bonchev–Trinajstić information content (AvgIpc) is 3.17. The van der Waals surface area contributed by atoms with E-state index in [4.69, 9.17) is 4.52 Å². The average molecular weight is 338 g/mol. The van der Waals surface area contributed by atoms with Gasteiger partial charge in [0.1, 0.15) is 5.82 Å². The maximum atomic E-state index is 13.7. The Balaban J connectivity index is 1.66. The van der Waals surface area contributed by atoms with Gasteiger partial charge < -0.3 is 9.84 Å². The van der Waals surface area contributed by atoms with E-state index in [9.17, 15) is 9.18 Å². The third-order valence-electron chi connectivity index (χ3n) is 4.28. The molecule has 6 nitrogen and oxygen atoms in total. The molecule has 0 bridgehead atoms. The van der Waals surface area contributed by atoms with E-state index < -0.39 is 5.82 Å².